The average molecular weight is 205 g/mol. The molecule has 0 atom stereocenters. The first-order chi connectivity index (χ1) is 6.16. The molecular formula is C11H21ClO. The summed E-state index contributed by atoms with van der Waals surface area (Å²) in [5.74, 6) is 1.12. The van der Waals surface area contributed by atoms with Gasteiger partial charge < -0.3 is 0 Å². The second-order valence-corrected chi connectivity index (χ2v) is 4.30. The van der Waals surface area contributed by atoms with Crippen LogP contribution in [-0.4, -0.2) is 5.24 Å². The molecule has 1 rings (SSSR count). The Morgan fingerprint density at radius 1 is 1.38 bits per heavy atom. The first kappa shape index (κ1) is 13.0. The highest BCUT2D eigenvalue weighted by Crippen LogP contribution is 2.28. The van der Waals surface area contributed by atoms with E-state index in [1.54, 1.807) is 0 Å². The van der Waals surface area contributed by atoms with Gasteiger partial charge in [0.25, 0.3) is 0 Å². The first-order valence-electron chi connectivity index (χ1n) is 5.32. The molecule has 0 aliphatic heterocycles. The summed E-state index contributed by atoms with van der Waals surface area (Å²) in [7, 11) is 0. The Balaban J connectivity index is 0.000000310. The molecule has 0 bridgehead atoms. The van der Waals surface area contributed by atoms with E-state index < -0.39 is 0 Å². The van der Waals surface area contributed by atoms with E-state index >= 15 is 0 Å². The van der Waals surface area contributed by atoms with Gasteiger partial charge in [-0.15, -0.1) is 0 Å². The SMILES string of the molecule is CC(=O)Cl.CCCCC1CCCC1. The summed E-state index contributed by atoms with van der Waals surface area (Å²) in [5.41, 5.74) is 0. The van der Waals surface area contributed by atoms with Crippen molar-refractivity contribution in [3.05, 3.63) is 0 Å². The number of carbonyl (C=O) groups excluding carboxylic acids is 1. The molecule has 0 aromatic carbocycles. The molecular weight excluding hydrogens is 184 g/mol. The van der Waals surface area contributed by atoms with Crippen LogP contribution in [0.5, 0.6) is 0 Å². The fourth-order valence-corrected chi connectivity index (χ4v) is 1.79. The highest BCUT2D eigenvalue weighted by molar-refractivity contribution is 6.62. The molecule has 1 aliphatic rings. The van der Waals surface area contributed by atoms with Crippen molar-refractivity contribution >= 4 is 16.8 Å². The van der Waals surface area contributed by atoms with Crippen LogP contribution in [0.3, 0.4) is 0 Å². The van der Waals surface area contributed by atoms with Gasteiger partial charge in [-0.1, -0.05) is 51.9 Å². The number of unbranched alkanes of at least 4 members (excludes halogenated alkanes) is 1. The van der Waals surface area contributed by atoms with Crippen molar-refractivity contribution in [1.29, 1.82) is 0 Å². The van der Waals surface area contributed by atoms with Crippen LogP contribution in [-0.2, 0) is 4.79 Å². The molecule has 78 valence electrons. The predicted molar refractivity (Wildman–Crippen MR) is 58.0 cm³/mol. The smallest absolute Gasteiger partial charge is 0.218 e. The molecule has 0 heterocycles. The van der Waals surface area contributed by atoms with Crippen LogP contribution in [0.1, 0.15) is 58.8 Å². The van der Waals surface area contributed by atoms with Gasteiger partial charge in [0, 0.05) is 6.92 Å². The molecule has 0 aromatic heterocycles. The lowest BCUT2D eigenvalue weighted by atomic mass is 10.0. The van der Waals surface area contributed by atoms with Gasteiger partial charge in [-0.3, -0.25) is 4.79 Å². The van der Waals surface area contributed by atoms with Crippen LogP contribution in [0.15, 0.2) is 0 Å². The molecule has 0 saturated heterocycles. The van der Waals surface area contributed by atoms with Gasteiger partial charge in [-0.05, 0) is 17.5 Å². The second kappa shape index (κ2) is 8.55. The topological polar surface area (TPSA) is 17.1 Å². The van der Waals surface area contributed by atoms with E-state index in [4.69, 9.17) is 0 Å². The minimum atomic E-state index is -0.361. The maximum atomic E-state index is 9.21. The molecule has 2 heteroatoms. The van der Waals surface area contributed by atoms with Crippen molar-refractivity contribution in [1.82, 2.24) is 0 Å². The summed E-state index contributed by atoms with van der Waals surface area (Å²) >= 11 is 4.64. The summed E-state index contributed by atoms with van der Waals surface area (Å²) in [6.45, 7) is 3.58. The third-order valence-electron chi connectivity index (χ3n) is 2.44. The largest absolute Gasteiger partial charge is 0.282 e. The number of carbonyl (C=O) groups is 1. The average Bonchev–Trinajstić information content (AvgIpc) is 2.51. The molecule has 0 radical (unpaired) electrons. The highest BCUT2D eigenvalue weighted by Gasteiger charge is 2.13. The second-order valence-electron chi connectivity index (χ2n) is 3.76. The van der Waals surface area contributed by atoms with Crippen molar-refractivity contribution < 1.29 is 4.79 Å². The first-order valence-corrected chi connectivity index (χ1v) is 5.70. The third-order valence-corrected chi connectivity index (χ3v) is 2.44. The van der Waals surface area contributed by atoms with E-state index in [1.807, 2.05) is 0 Å². The van der Waals surface area contributed by atoms with Crippen molar-refractivity contribution in [2.75, 3.05) is 0 Å². The quantitative estimate of drug-likeness (QED) is 0.632. The standard InChI is InChI=1S/C9H18.C2H3ClO/c1-2-3-6-9-7-4-5-8-9;1-2(3)4/h9H,2-8H2,1H3;1H3. The number of rotatable bonds is 3. The molecule has 0 spiro atoms. The normalized spacial score (nSPS) is 16.5. The van der Waals surface area contributed by atoms with Crippen LogP contribution >= 0.6 is 11.6 Å². The van der Waals surface area contributed by atoms with Crippen LogP contribution in [0.4, 0.5) is 0 Å². The Morgan fingerprint density at radius 3 is 2.23 bits per heavy atom. The Labute approximate surface area is 86.9 Å². The fourth-order valence-electron chi connectivity index (χ4n) is 1.79. The zero-order valence-corrected chi connectivity index (χ0v) is 9.57. The van der Waals surface area contributed by atoms with Gasteiger partial charge in [0.2, 0.25) is 5.24 Å². The summed E-state index contributed by atoms with van der Waals surface area (Å²) in [5, 5.41) is -0.361. The van der Waals surface area contributed by atoms with Crippen LogP contribution < -0.4 is 0 Å². The Hall–Kier alpha value is -0.0400. The van der Waals surface area contributed by atoms with Crippen LogP contribution in [0, 0.1) is 5.92 Å². The van der Waals surface area contributed by atoms with Gasteiger partial charge in [0.1, 0.15) is 0 Å². The van der Waals surface area contributed by atoms with Crippen LogP contribution in [0.25, 0.3) is 0 Å². The maximum absolute atomic E-state index is 9.21. The van der Waals surface area contributed by atoms with Crippen molar-refractivity contribution in [2.45, 2.75) is 58.8 Å². The minimum absolute atomic E-state index is 0.361. The van der Waals surface area contributed by atoms with Gasteiger partial charge >= 0.3 is 0 Å². The number of hydrogen-bond donors (Lipinski definition) is 0. The summed E-state index contributed by atoms with van der Waals surface area (Å²) in [6.07, 6.45) is 10.4. The lowest BCUT2D eigenvalue weighted by molar-refractivity contribution is -0.109. The molecule has 1 nitrogen and oxygen atoms in total. The molecule has 1 saturated carbocycles. The van der Waals surface area contributed by atoms with E-state index in [0.717, 1.165) is 5.92 Å². The molecule has 0 N–H and O–H groups in total. The van der Waals surface area contributed by atoms with E-state index in [9.17, 15) is 4.79 Å². The van der Waals surface area contributed by atoms with Crippen molar-refractivity contribution in [2.24, 2.45) is 5.92 Å². The number of halogens is 1. The molecule has 13 heavy (non-hydrogen) atoms. The predicted octanol–water partition coefficient (Wildman–Crippen LogP) is 4.14. The van der Waals surface area contributed by atoms with E-state index in [-0.39, 0.29) is 5.24 Å². The minimum Gasteiger partial charge on any atom is -0.282 e. The van der Waals surface area contributed by atoms with Gasteiger partial charge in [-0.2, -0.15) is 0 Å². The fraction of sp³-hybridized carbons (Fsp3) is 0.909. The van der Waals surface area contributed by atoms with Crippen molar-refractivity contribution in [3.63, 3.8) is 0 Å². The Bertz CT molecular complexity index is 124. The molecule has 0 amide bonds. The maximum Gasteiger partial charge on any atom is 0.218 e. The van der Waals surface area contributed by atoms with E-state index in [2.05, 4.69) is 18.5 Å². The van der Waals surface area contributed by atoms with Crippen LogP contribution in [0.2, 0.25) is 0 Å². The highest BCUT2D eigenvalue weighted by atomic mass is 35.5. The summed E-state index contributed by atoms with van der Waals surface area (Å²) < 4.78 is 0. The van der Waals surface area contributed by atoms with Gasteiger partial charge in [0.15, 0.2) is 0 Å². The third kappa shape index (κ3) is 9.88. The van der Waals surface area contributed by atoms with Crippen molar-refractivity contribution in [3.8, 4) is 0 Å². The Kier molecular flexibility index (Phi) is 8.53. The number of hydrogen-bond acceptors (Lipinski definition) is 1. The molecule has 1 aliphatic carbocycles. The molecule has 0 aromatic rings. The monoisotopic (exact) mass is 204 g/mol. The Morgan fingerprint density at radius 2 is 1.85 bits per heavy atom. The summed E-state index contributed by atoms with van der Waals surface area (Å²) in [6, 6.07) is 0. The van der Waals surface area contributed by atoms with Gasteiger partial charge in [-0.25, -0.2) is 0 Å². The molecule has 0 unspecified atom stereocenters. The molecule has 1 fully saturated rings. The van der Waals surface area contributed by atoms with E-state index in [1.165, 1.54) is 51.9 Å². The van der Waals surface area contributed by atoms with Gasteiger partial charge in [0.05, 0.1) is 0 Å². The summed E-state index contributed by atoms with van der Waals surface area (Å²) in [4.78, 5) is 9.21. The lowest BCUT2D eigenvalue weighted by Gasteiger charge is -2.05. The van der Waals surface area contributed by atoms with E-state index in [0.29, 0.717) is 0 Å². The lowest BCUT2D eigenvalue weighted by Crippen LogP contribution is -1.91. The zero-order chi connectivity index (χ0) is 10.1. The zero-order valence-electron chi connectivity index (χ0n) is 8.81.